The molecule has 0 spiro atoms. The summed E-state index contributed by atoms with van der Waals surface area (Å²) in [6, 6.07) is 5.81. The third-order valence-electron chi connectivity index (χ3n) is 2.03. The minimum Gasteiger partial charge on any atom is -0.468 e. The summed E-state index contributed by atoms with van der Waals surface area (Å²) in [4.78, 5) is 22.3. The largest absolute Gasteiger partial charge is 0.468 e. The molecule has 0 amide bonds. The van der Waals surface area contributed by atoms with Crippen molar-refractivity contribution in [1.82, 2.24) is 0 Å². The topological polar surface area (TPSA) is 43.4 Å². The minimum absolute atomic E-state index is 0.00510. The number of benzene rings is 1. The maximum Gasteiger partial charge on any atom is 0.315 e. The maximum absolute atomic E-state index is 12.6. The highest BCUT2D eigenvalue weighted by Gasteiger charge is 2.06. The quantitative estimate of drug-likeness (QED) is 0.728. The van der Waals surface area contributed by atoms with Gasteiger partial charge in [-0.3, -0.25) is 9.59 Å². The van der Waals surface area contributed by atoms with Gasteiger partial charge in [0.2, 0.25) is 0 Å². The van der Waals surface area contributed by atoms with Crippen molar-refractivity contribution >= 4 is 23.5 Å². The average Bonchev–Trinajstić information content (AvgIpc) is 2.32. The Labute approximate surface area is 103 Å². The summed E-state index contributed by atoms with van der Waals surface area (Å²) in [5.41, 5.74) is 0.773. The van der Waals surface area contributed by atoms with Crippen LogP contribution in [-0.4, -0.2) is 30.4 Å². The number of esters is 1. The van der Waals surface area contributed by atoms with Crippen molar-refractivity contribution in [2.24, 2.45) is 0 Å². The van der Waals surface area contributed by atoms with Crippen LogP contribution >= 0.6 is 11.8 Å². The van der Waals surface area contributed by atoms with Crippen LogP contribution in [0.1, 0.15) is 5.56 Å². The van der Waals surface area contributed by atoms with Crippen molar-refractivity contribution in [3.63, 3.8) is 0 Å². The smallest absolute Gasteiger partial charge is 0.315 e. The van der Waals surface area contributed by atoms with Gasteiger partial charge in [0.1, 0.15) is 11.6 Å². The van der Waals surface area contributed by atoms with Gasteiger partial charge in [-0.2, -0.15) is 0 Å². The molecule has 0 fully saturated rings. The van der Waals surface area contributed by atoms with E-state index >= 15 is 0 Å². The normalized spacial score (nSPS) is 10.0. The van der Waals surface area contributed by atoms with E-state index < -0.39 is 0 Å². The van der Waals surface area contributed by atoms with Crippen LogP contribution in [0.15, 0.2) is 24.3 Å². The SMILES string of the molecule is COC(=O)CSCC(=O)Cc1ccc(F)cc1. The van der Waals surface area contributed by atoms with E-state index in [0.717, 1.165) is 5.56 Å². The first-order valence-corrected chi connectivity index (χ1v) is 6.18. The average molecular weight is 256 g/mol. The fourth-order valence-corrected chi connectivity index (χ4v) is 1.90. The van der Waals surface area contributed by atoms with Crippen molar-refractivity contribution in [3.8, 4) is 0 Å². The Morgan fingerprint density at radius 1 is 1.24 bits per heavy atom. The fraction of sp³-hybridized carbons (Fsp3) is 0.333. The molecule has 0 heterocycles. The summed E-state index contributed by atoms with van der Waals surface area (Å²) in [5, 5.41) is 0. The van der Waals surface area contributed by atoms with E-state index in [1.807, 2.05) is 0 Å². The van der Waals surface area contributed by atoms with Gasteiger partial charge in [0.25, 0.3) is 0 Å². The Hall–Kier alpha value is -1.36. The zero-order valence-corrected chi connectivity index (χ0v) is 10.3. The lowest BCUT2D eigenvalue weighted by molar-refractivity contribution is -0.137. The number of Topliss-reactive ketones (excluding diaryl/α,β-unsaturated/α-hetero) is 1. The van der Waals surface area contributed by atoms with E-state index in [1.54, 1.807) is 12.1 Å². The Bertz CT molecular complexity index is 389. The first kappa shape index (κ1) is 13.7. The van der Waals surface area contributed by atoms with E-state index in [1.165, 1.54) is 31.0 Å². The minimum atomic E-state index is -0.343. The molecule has 0 unspecified atom stereocenters. The molecule has 0 saturated carbocycles. The number of ether oxygens (including phenoxy) is 1. The highest BCUT2D eigenvalue weighted by Crippen LogP contribution is 2.07. The first-order valence-electron chi connectivity index (χ1n) is 5.02. The van der Waals surface area contributed by atoms with Crippen LogP contribution in [0.5, 0.6) is 0 Å². The van der Waals surface area contributed by atoms with Crippen molar-refractivity contribution in [3.05, 3.63) is 35.6 Å². The number of ketones is 1. The van der Waals surface area contributed by atoms with Gasteiger partial charge in [0.05, 0.1) is 18.6 Å². The molecule has 1 aromatic carbocycles. The number of rotatable bonds is 6. The highest BCUT2D eigenvalue weighted by molar-refractivity contribution is 8.00. The van der Waals surface area contributed by atoms with Crippen LogP contribution in [0.3, 0.4) is 0 Å². The summed E-state index contributed by atoms with van der Waals surface area (Å²) in [6.45, 7) is 0. The lowest BCUT2D eigenvalue weighted by Crippen LogP contribution is -2.09. The van der Waals surface area contributed by atoms with Crippen molar-refractivity contribution in [2.75, 3.05) is 18.6 Å². The fourth-order valence-electron chi connectivity index (χ4n) is 1.19. The van der Waals surface area contributed by atoms with Crippen LogP contribution in [0.4, 0.5) is 4.39 Å². The van der Waals surface area contributed by atoms with Gasteiger partial charge in [0.15, 0.2) is 0 Å². The van der Waals surface area contributed by atoms with Gasteiger partial charge in [-0.15, -0.1) is 11.8 Å². The highest BCUT2D eigenvalue weighted by atomic mass is 32.2. The monoisotopic (exact) mass is 256 g/mol. The maximum atomic E-state index is 12.6. The standard InChI is InChI=1S/C12H13FO3S/c1-16-12(15)8-17-7-11(14)6-9-2-4-10(13)5-3-9/h2-5H,6-8H2,1H3. The second-order valence-electron chi connectivity index (χ2n) is 3.41. The van der Waals surface area contributed by atoms with E-state index in [2.05, 4.69) is 4.74 Å². The third kappa shape index (κ3) is 5.49. The third-order valence-corrected chi connectivity index (χ3v) is 2.99. The van der Waals surface area contributed by atoms with Crippen molar-refractivity contribution in [2.45, 2.75) is 6.42 Å². The van der Waals surface area contributed by atoms with Gasteiger partial charge in [-0.25, -0.2) is 4.39 Å². The van der Waals surface area contributed by atoms with Crippen molar-refractivity contribution < 1.29 is 18.7 Å². The number of thioether (sulfide) groups is 1. The summed E-state index contributed by atoms with van der Waals surface area (Å²) in [7, 11) is 1.31. The van der Waals surface area contributed by atoms with Gasteiger partial charge in [0, 0.05) is 6.42 Å². The molecule has 92 valence electrons. The van der Waals surface area contributed by atoms with Gasteiger partial charge >= 0.3 is 5.97 Å². The predicted octanol–water partition coefficient (Wildman–Crippen LogP) is 1.84. The Morgan fingerprint density at radius 2 is 1.88 bits per heavy atom. The molecule has 17 heavy (non-hydrogen) atoms. The van der Waals surface area contributed by atoms with E-state index in [9.17, 15) is 14.0 Å². The number of carbonyl (C=O) groups excluding carboxylic acids is 2. The summed E-state index contributed by atoms with van der Waals surface area (Å²) >= 11 is 1.22. The Balaban J connectivity index is 2.30. The molecular formula is C12H13FO3S. The van der Waals surface area contributed by atoms with Gasteiger partial charge in [-0.1, -0.05) is 12.1 Å². The van der Waals surface area contributed by atoms with Crippen LogP contribution in [0, 0.1) is 5.82 Å². The molecule has 1 rings (SSSR count). The van der Waals surface area contributed by atoms with Crippen molar-refractivity contribution in [1.29, 1.82) is 0 Å². The van der Waals surface area contributed by atoms with E-state index in [-0.39, 0.29) is 35.5 Å². The summed E-state index contributed by atoms with van der Waals surface area (Å²) < 4.78 is 17.1. The summed E-state index contributed by atoms with van der Waals surface area (Å²) in [5.74, 6) is -0.227. The molecule has 0 aliphatic rings. The second kappa shape index (κ2) is 7.06. The number of hydrogen-bond donors (Lipinski definition) is 0. The lowest BCUT2D eigenvalue weighted by Gasteiger charge is -2.01. The number of carbonyl (C=O) groups is 2. The van der Waals surface area contributed by atoms with E-state index in [4.69, 9.17) is 0 Å². The molecule has 0 bridgehead atoms. The molecule has 0 aromatic heterocycles. The van der Waals surface area contributed by atoms with Crippen LogP contribution in [0.2, 0.25) is 0 Å². The summed E-state index contributed by atoms with van der Waals surface area (Å²) in [6.07, 6.45) is 0.258. The second-order valence-corrected chi connectivity index (χ2v) is 4.40. The Morgan fingerprint density at radius 3 is 2.47 bits per heavy atom. The number of hydrogen-bond acceptors (Lipinski definition) is 4. The molecular weight excluding hydrogens is 243 g/mol. The van der Waals surface area contributed by atoms with Gasteiger partial charge in [-0.05, 0) is 17.7 Å². The molecule has 0 N–H and O–H groups in total. The van der Waals surface area contributed by atoms with E-state index in [0.29, 0.717) is 0 Å². The molecule has 0 aliphatic carbocycles. The molecule has 1 aromatic rings. The van der Waals surface area contributed by atoms with Gasteiger partial charge < -0.3 is 4.74 Å². The molecule has 5 heteroatoms. The molecule has 0 aliphatic heterocycles. The predicted molar refractivity (Wildman–Crippen MR) is 64.5 cm³/mol. The number of methoxy groups -OCH3 is 1. The number of halogens is 1. The zero-order valence-electron chi connectivity index (χ0n) is 9.44. The molecule has 0 atom stereocenters. The van der Waals surface area contributed by atoms with Crippen LogP contribution in [0.25, 0.3) is 0 Å². The van der Waals surface area contributed by atoms with Crippen LogP contribution < -0.4 is 0 Å². The first-order chi connectivity index (χ1) is 8.11. The molecule has 3 nitrogen and oxygen atoms in total. The lowest BCUT2D eigenvalue weighted by atomic mass is 10.1. The molecule has 0 saturated heterocycles. The Kier molecular flexibility index (Phi) is 5.69. The van der Waals surface area contributed by atoms with Crippen LogP contribution in [-0.2, 0) is 20.7 Å². The molecule has 0 radical (unpaired) electrons. The zero-order chi connectivity index (χ0) is 12.7.